The van der Waals surface area contributed by atoms with E-state index in [0.29, 0.717) is 0 Å². The van der Waals surface area contributed by atoms with Gasteiger partial charge >= 0.3 is 0 Å². The average molecular weight is 272 g/mol. The molecular formula is C21H20. The topological polar surface area (TPSA) is 0 Å². The zero-order chi connectivity index (χ0) is 14.9. The van der Waals surface area contributed by atoms with Crippen molar-refractivity contribution in [2.24, 2.45) is 0 Å². The van der Waals surface area contributed by atoms with Crippen molar-refractivity contribution in [2.75, 3.05) is 0 Å². The predicted octanol–water partition coefficient (Wildman–Crippen LogP) is 5.17. The second-order valence-electron chi connectivity index (χ2n) is 6.21. The Morgan fingerprint density at radius 2 is 1.76 bits per heavy atom. The summed E-state index contributed by atoms with van der Waals surface area (Å²) >= 11 is 0. The molecule has 104 valence electrons. The Hall–Kier alpha value is -2.26. The molecule has 0 N–H and O–H groups in total. The second kappa shape index (κ2) is 5.26. The van der Waals surface area contributed by atoms with Crippen LogP contribution < -0.4 is 0 Å². The number of benzene rings is 2. The molecule has 0 bridgehead atoms. The molecule has 2 aromatic carbocycles. The first kappa shape index (κ1) is 13.7. The number of rotatable bonds is 1. The van der Waals surface area contributed by atoms with Gasteiger partial charge in [0.15, 0.2) is 0 Å². The number of allylic oxidation sites excluding steroid dienone is 1. The number of hydrogen-bond donors (Lipinski definition) is 0. The van der Waals surface area contributed by atoms with E-state index in [2.05, 4.69) is 80.3 Å². The summed E-state index contributed by atoms with van der Waals surface area (Å²) in [6.45, 7) is 6.52. The van der Waals surface area contributed by atoms with Crippen LogP contribution in [0.15, 0.2) is 54.6 Å². The monoisotopic (exact) mass is 272 g/mol. The Bertz CT molecular complexity index is 750. The smallest absolute Gasteiger partial charge is 0.0251 e. The van der Waals surface area contributed by atoms with E-state index in [1.807, 2.05) is 6.92 Å². The van der Waals surface area contributed by atoms with Gasteiger partial charge in [-0.3, -0.25) is 0 Å². The molecule has 21 heavy (non-hydrogen) atoms. The summed E-state index contributed by atoms with van der Waals surface area (Å²) in [5, 5.41) is 0. The lowest BCUT2D eigenvalue weighted by molar-refractivity contribution is 0.527. The van der Waals surface area contributed by atoms with Crippen LogP contribution in [0.4, 0.5) is 0 Å². The van der Waals surface area contributed by atoms with Gasteiger partial charge < -0.3 is 0 Å². The van der Waals surface area contributed by atoms with Crippen molar-refractivity contribution in [3.05, 3.63) is 76.9 Å². The highest BCUT2D eigenvalue weighted by Crippen LogP contribution is 2.41. The SMILES string of the molecule is CC#Cc1ccc2c(c1)C(c1ccccc1)=CCC2(C)C. The summed E-state index contributed by atoms with van der Waals surface area (Å²) in [7, 11) is 0. The van der Waals surface area contributed by atoms with Gasteiger partial charge in [0.2, 0.25) is 0 Å². The Balaban J connectivity index is 2.20. The maximum absolute atomic E-state index is 3.18. The van der Waals surface area contributed by atoms with Crippen LogP contribution in [0.2, 0.25) is 0 Å². The molecule has 0 amide bonds. The van der Waals surface area contributed by atoms with E-state index in [9.17, 15) is 0 Å². The molecule has 0 aliphatic heterocycles. The third-order valence-electron chi connectivity index (χ3n) is 4.21. The van der Waals surface area contributed by atoms with Crippen molar-refractivity contribution in [2.45, 2.75) is 32.6 Å². The van der Waals surface area contributed by atoms with E-state index in [-0.39, 0.29) is 5.41 Å². The Kier molecular flexibility index (Phi) is 3.43. The van der Waals surface area contributed by atoms with Crippen LogP contribution >= 0.6 is 0 Å². The van der Waals surface area contributed by atoms with Gasteiger partial charge in [0.05, 0.1) is 0 Å². The molecule has 0 saturated heterocycles. The lowest BCUT2D eigenvalue weighted by atomic mass is 9.72. The van der Waals surface area contributed by atoms with Crippen LogP contribution in [0.1, 0.15) is 49.4 Å². The van der Waals surface area contributed by atoms with Gasteiger partial charge in [-0.2, -0.15) is 0 Å². The van der Waals surface area contributed by atoms with E-state index >= 15 is 0 Å². The van der Waals surface area contributed by atoms with Crippen LogP contribution in [-0.2, 0) is 5.41 Å². The quantitative estimate of drug-likeness (QED) is 0.628. The molecule has 0 fully saturated rings. The molecule has 0 unspecified atom stereocenters. The van der Waals surface area contributed by atoms with Gasteiger partial charge in [-0.15, -0.1) is 5.92 Å². The molecule has 0 heterocycles. The van der Waals surface area contributed by atoms with Crippen LogP contribution in [0.5, 0.6) is 0 Å². The van der Waals surface area contributed by atoms with Crippen molar-refractivity contribution in [3.8, 4) is 11.8 Å². The van der Waals surface area contributed by atoms with Crippen LogP contribution in [0.25, 0.3) is 5.57 Å². The Morgan fingerprint density at radius 3 is 2.48 bits per heavy atom. The highest BCUT2D eigenvalue weighted by molar-refractivity contribution is 5.84. The Labute approximate surface area is 127 Å². The van der Waals surface area contributed by atoms with Gasteiger partial charge in [0.25, 0.3) is 0 Å². The van der Waals surface area contributed by atoms with E-state index < -0.39 is 0 Å². The van der Waals surface area contributed by atoms with Crippen LogP contribution in [0, 0.1) is 11.8 Å². The first-order valence-corrected chi connectivity index (χ1v) is 7.45. The van der Waals surface area contributed by atoms with Gasteiger partial charge in [0, 0.05) is 5.56 Å². The van der Waals surface area contributed by atoms with Crippen molar-refractivity contribution < 1.29 is 0 Å². The van der Waals surface area contributed by atoms with Crippen molar-refractivity contribution in [1.82, 2.24) is 0 Å². The molecule has 0 aromatic heterocycles. The normalized spacial score (nSPS) is 15.5. The van der Waals surface area contributed by atoms with E-state index in [4.69, 9.17) is 0 Å². The number of hydrogen-bond acceptors (Lipinski definition) is 0. The van der Waals surface area contributed by atoms with Gasteiger partial charge in [-0.25, -0.2) is 0 Å². The van der Waals surface area contributed by atoms with E-state index in [1.165, 1.54) is 22.3 Å². The van der Waals surface area contributed by atoms with Crippen LogP contribution in [0.3, 0.4) is 0 Å². The largest absolute Gasteiger partial charge is 0.101 e. The lowest BCUT2D eigenvalue weighted by Gasteiger charge is -2.32. The molecule has 0 heteroatoms. The fraction of sp³-hybridized carbons (Fsp3) is 0.238. The first-order chi connectivity index (χ1) is 10.1. The average Bonchev–Trinajstić information content (AvgIpc) is 2.48. The molecule has 1 aliphatic carbocycles. The molecule has 3 rings (SSSR count). The highest BCUT2D eigenvalue weighted by Gasteiger charge is 2.28. The molecular weight excluding hydrogens is 252 g/mol. The summed E-state index contributed by atoms with van der Waals surface area (Å²) in [6, 6.07) is 17.3. The zero-order valence-electron chi connectivity index (χ0n) is 12.9. The molecule has 2 aromatic rings. The highest BCUT2D eigenvalue weighted by atomic mass is 14.3. The van der Waals surface area contributed by atoms with Gasteiger partial charge in [-0.05, 0) is 53.2 Å². The maximum atomic E-state index is 3.18. The minimum atomic E-state index is 0.186. The Morgan fingerprint density at radius 1 is 1.00 bits per heavy atom. The molecule has 1 aliphatic rings. The fourth-order valence-electron chi connectivity index (χ4n) is 3.05. The molecule has 0 radical (unpaired) electrons. The second-order valence-corrected chi connectivity index (χ2v) is 6.21. The number of fused-ring (bicyclic) bond motifs is 1. The van der Waals surface area contributed by atoms with Crippen molar-refractivity contribution in [3.63, 3.8) is 0 Å². The summed E-state index contributed by atoms with van der Waals surface area (Å²) in [4.78, 5) is 0. The summed E-state index contributed by atoms with van der Waals surface area (Å²) in [5.41, 5.74) is 6.66. The molecule has 0 atom stereocenters. The van der Waals surface area contributed by atoms with E-state index in [0.717, 1.165) is 12.0 Å². The summed E-state index contributed by atoms with van der Waals surface area (Å²) in [5.74, 6) is 6.18. The molecule has 0 saturated carbocycles. The van der Waals surface area contributed by atoms with E-state index in [1.54, 1.807) is 0 Å². The predicted molar refractivity (Wildman–Crippen MR) is 90.2 cm³/mol. The van der Waals surface area contributed by atoms with Gasteiger partial charge in [-0.1, -0.05) is 62.2 Å². The minimum absolute atomic E-state index is 0.186. The zero-order valence-corrected chi connectivity index (χ0v) is 12.9. The first-order valence-electron chi connectivity index (χ1n) is 7.45. The lowest BCUT2D eigenvalue weighted by Crippen LogP contribution is -2.21. The summed E-state index contributed by atoms with van der Waals surface area (Å²) in [6.07, 6.45) is 3.45. The molecule has 0 spiro atoms. The minimum Gasteiger partial charge on any atom is -0.101 e. The van der Waals surface area contributed by atoms with Crippen molar-refractivity contribution >= 4 is 5.57 Å². The van der Waals surface area contributed by atoms with Gasteiger partial charge in [0.1, 0.15) is 0 Å². The van der Waals surface area contributed by atoms with Crippen LogP contribution in [-0.4, -0.2) is 0 Å². The molecule has 0 nitrogen and oxygen atoms in total. The third-order valence-corrected chi connectivity index (χ3v) is 4.21. The third kappa shape index (κ3) is 2.52. The van der Waals surface area contributed by atoms with Crippen molar-refractivity contribution in [1.29, 1.82) is 0 Å². The fourth-order valence-corrected chi connectivity index (χ4v) is 3.05. The summed E-state index contributed by atoms with van der Waals surface area (Å²) < 4.78 is 0. The standard InChI is InChI=1S/C21H20/c1-4-8-16-11-12-20-19(15-16)18(13-14-21(20,2)3)17-9-6-5-7-10-17/h5-7,9-13,15H,14H2,1-3H3. The maximum Gasteiger partial charge on any atom is 0.0251 e.